The highest BCUT2D eigenvalue weighted by molar-refractivity contribution is 5.91. The molecule has 0 heterocycles. The van der Waals surface area contributed by atoms with Gasteiger partial charge >= 0.3 is 5.97 Å². The number of benzene rings is 1. The van der Waals surface area contributed by atoms with Crippen LogP contribution in [0.25, 0.3) is 0 Å². The number of ether oxygens (including phenoxy) is 3. The molecule has 6 nitrogen and oxygen atoms in total. The number of aromatic hydroxyl groups is 1. The molecule has 3 atom stereocenters. The van der Waals surface area contributed by atoms with Crippen LogP contribution in [0.5, 0.6) is 11.5 Å². The summed E-state index contributed by atoms with van der Waals surface area (Å²) in [6, 6.07) is 2.81. The summed E-state index contributed by atoms with van der Waals surface area (Å²) in [4.78, 5) is 24.5. The Morgan fingerprint density at radius 2 is 2.00 bits per heavy atom. The molecule has 0 aromatic heterocycles. The molecule has 0 radical (unpaired) electrons. The Labute approximate surface area is 148 Å². The van der Waals surface area contributed by atoms with Crippen molar-refractivity contribution in [2.24, 2.45) is 11.3 Å². The minimum absolute atomic E-state index is 0.0862. The molecule has 1 aromatic carbocycles. The molecule has 1 saturated carbocycles. The Bertz CT molecular complexity index is 668. The summed E-state index contributed by atoms with van der Waals surface area (Å²) in [5, 5.41) is 10.6. The zero-order valence-electron chi connectivity index (χ0n) is 15.4. The molecule has 0 aliphatic heterocycles. The van der Waals surface area contributed by atoms with Crippen LogP contribution in [-0.2, 0) is 14.3 Å². The lowest BCUT2D eigenvalue weighted by atomic mass is 9.62. The minimum atomic E-state index is -0.787. The molecule has 1 fully saturated rings. The highest BCUT2D eigenvalue weighted by Gasteiger charge is 2.49. The Hall–Kier alpha value is -2.08. The van der Waals surface area contributed by atoms with Crippen LogP contribution in [0.15, 0.2) is 12.1 Å². The van der Waals surface area contributed by atoms with Gasteiger partial charge in [0, 0.05) is 13.5 Å². The van der Waals surface area contributed by atoms with Crippen molar-refractivity contribution in [3.8, 4) is 11.5 Å². The third-order valence-corrected chi connectivity index (χ3v) is 5.47. The number of phenolic OH excluding ortho intramolecular Hbond substituents is 1. The Morgan fingerprint density at radius 1 is 1.32 bits per heavy atom. The second-order valence-electron chi connectivity index (χ2n) is 6.72. The first-order chi connectivity index (χ1) is 11.8. The molecule has 0 spiro atoms. The van der Waals surface area contributed by atoms with Gasteiger partial charge in [0.25, 0.3) is 0 Å². The fourth-order valence-corrected chi connectivity index (χ4v) is 3.76. The molecule has 1 aliphatic rings. The van der Waals surface area contributed by atoms with Gasteiger partial charge in [-0.2, -0.15) is 0 Å². The van der Waals surface area contributed by atoms with E-state index in [-0.39, 0.29) is 23.0 Å². The SMILES string of the molecule is COC(=O)c1cc(O)c(C(OC)[C@@]2(C)C(=O)CCC[C@@H]2C)c(OC)c1. The Morgan fingerprint density at radius 3 is 2.52 bits per heavy atom. The Balaban J connectivity index is 2.61. The molecule has 0 saturated heterocycles. The summed E-state index contributed by atoms with van der Waals surface area (Å²) in [5.41, 5.74) is -0.240. The zero-order chi connectivity index (χ0) is 18.8. The molecule has 0 amide bonds. The molecule has 6 heteroatoms. The highest BCUT2D eigenvalue weighted by Crippen LogP contribution is 2.52. The molecule has 1 unspecified atom stereocenters. The number of esters is 1. The zero-order valence-corrected chi connectivity index (χ0v) is 15.4. The van der Waals surface area contributed by atoms with E-state index in [1.165, 1.54) is 33.5 Å². The van der Waals surface area contributed by atoms with Gasteiger partial charge in [-0.1, -0.05) is 6.92 Å². The van der Waals surface area contributed by atoms with Gasteiger partial charge in [0.2, 0.25) is 0 Å². The van der Waals surface area contributed by atoms with Crippen molar-refractivity contribution in [3.63, 3.8) is 0 Å². The van der Waals surface area contributed by atoms with E-state index in [9.17, 15) is 14.7 Å². The van der Waals surface area contributed by atoms with E-state index in [4.69, 9.17) is 14.2 Å². The predicted octanol–water partition coefficient (Wildman–Crippen LogP) is 3.27. The van der Waals surface area contributed by atoms with Gasteiger partial charge in [0.05, 0.1) is 30.8 Å². The number of phenols is 1. The van der Waals surface area contributed by atoms with E-state index in [0.29, 0.717) is 17.7 Å². The smallest absolute Gasteiger partial charge is 0.338 e. The molecule has 0 bridgehead atoms. The van der Waals surface area contributed by atoms with Gasteiger partial charge < -0.3 is 19.3 Å². The summed E-state index contributed by atoms with van der Waals surface area (Å²) in [5.74, 6) is -0.250. The lowest BCUT2D eigenvalue weighted by Crippen LogP contribution is -2.44. The second-order valence-corrected chi connectivity index (χ2v) is 6.72. The number of hydrogen-bond acceptors (Lipinski definition) is 6. The molecule has 1 aliphatic carbocycles. The van der Waals surface area contributed by atoms with E-state index in [1.807, 2.05) is 13.8 Å². The topological polar surface area (TPSA) is 82.1 Å². The fraction of sp³-hybridized carbons (Fsp3) is 0.579. The summed E-state index contributed by atoms with van der Waals surface area (Å²) in [7, 11) is 4.22. The number of Topliss-reactive ketones (excluding diaryl/α,β-unsaturated/α-hetero) is 1. The number of rotatable bonds is 5. The average molecular weight is 350 g/mol. The molecule has 25 heavy (non-hydrogen) atoms. The van der Waals surface area contributed by atoms with Gasteiger partial charge in [-0.25, -0.2) is 4.79 Å². The number of ketones is 1. The fourth-order valence-electron chi connectivity index (χ4n) is 3.76. The average Bonchev–Trinajstić information content (AvgIpc) is 2.60. The van der Waals surface area contributed by atoms with Crippen molar-refractivity contribution >= 4 is 11.8 Å². The largest absolute Gasteiger partial charge is 0.507 e. The lowest BCUT2D eigenvalue weighted by molar-refractivity contribution is -0.146. The monoisotopic (exact) mass is 350 g/mol. The molecule has 2 rings (SSSR count). The van der Waals surface area contributed by atoms with Crippen LogP contribution < -0.4 is 4.74 Å². The van der Waals surface area contributed by atoms with Crippen molar-refractivity contribution in [3.05, 3.63) is 23.3 Å². The number of carbonyl (C=O) groups is 2. The van der Waals surface area contributed by atoms with E-state index in [1.54, 1.807) is 0 Å². The van der Waals surface area contributed by atoms with Crippen LogP contribution in [-0.4, -0.2) is 38.2 Å². The molecular weight excluding hydrogens is 324 g/mol. The third kappa shape index (κ3) is 3.23. The molecule has 1 aromatic rings. The van der Waals surface area contributed by atoms with E-state index in [2.05, 4.69) is 0 Å². The van der Waals surface area contributed by atoms with Crippen molar-refractivity contribution in [1.82, 2.24) is 0 Å². The van der Waals surface area contributed by atoms with Crippen molar-refractivity contribution in [2.75, 3.05) is 21.3 Å². The van der Waals surface area contributed by atoms with Gasteiger partial charge in [0.1, 0.15) is 23.4 Å². The normalized spacial score (nSPS) is 24.7. The van der Waals surface area contributed by atoms with Crippen LogP contribution in [0.3, 0.4) is 0 Å². The highest BCUT2D eigenvalue weighted by atomic mass is 16.5. The minimum Gasteiger partial charge on any atom is -0.507 e. The van der Waals surface area contributed by atoms with Crippen LogP contribution in [0.1, 0.15) is 55.1 Å². The summed E-state index contributed by atoms with van der Waals surface area (Å²) in [6.07, 6.45) is 1.57. The van der Waals surface area contributed by atoms with Gasteiger partial charge in [0.15, 0.2) is 0 Å². The van der Waals surface area contributed by atoms with E-state index in [0.717, 1.165) is 12.8 Å². The summed E-state index contributed by atoms with van der Waals surface area (Å²) >= 11 is 0. The van der Waals surface area contributed by atoms with Gasteiger partial charge in [-0.3, -0.25) is 4.79 Å². The van der Waals surface area contributed by atoms with Gasteiger partial charge in [-0.05, 0) is 37.8 Å². The standard InChI is InChI=1S/C19H26O6/c1-11-7-6-8-15(21)19(11,2)17(24-4)16-13(20)9-12(18(22)25-5)10-14(16)23-3/h9-11,17,20H,6-8H2,1-5H3/t11-,17?,19+/m0/s1. The van der Waals surface area contributed by atoms with Crippen molar-refractivity contribution in [2.45, 2.75) is 39.2 Å². The van der Waals surface area contributed by atoms with Crippen molar-refractivity contribution < 1.29 is 28.9 Å². The summed E-state index contributed by atoms with van der Waals surface area (Å²) in [6.45, 7) is 3.90. The first-order valence-corrected chi connectivity index (χ1v) is 8.36. The first-order valence-electron chi connectivity index (χ1n) is 8.36. The third-order valence-electron chi connectivity index (χ3n) is 5.47. The quantitative estimate of drug-likeness (QED) is 0.821. The van der Waals surface area contributed by atoms with E-state index >= 15 is 0 Å². The predicted molar refractivity (Wildman–Crippen MR) is 91.9 cm³/mol. The maximum Gasteiger partial charge on any atom is 0.338 e. The van der Waals surface area contributed by atoms with Crippen LogP contribution in [0.2, 0.25) is 0 Å². The maximum atomic E-state index is 12.8. The Kier molecular flexibility index (Phi) is 5.72. The molecule has 138 valence electrons. The van der Waals surface area contributed by atoms with E-state index < -0.39 is 17.5 Å². The second kappa shape index (κ2) is 7.44. The van der Waals surface area contributed by atoms with Crippen LogP contribution >= 0.6 is 0 Å². The summed E-state index contributed by atoms with van der Waals surface area (Å²) < 4.78 is 15.8. The number of hydrogen-bond donors (Lipinski definition) is 1. The molecule has 1 N–H and O–H groups in total. The van der Waals surface area contributed by atoms with Crippen LogP contribution in [0, 0.1) is 11.3 Å². The maximum absolute atomic E-state index is 12.8. The number of carbonyl (C=O) groups excluding carboxylic acids is 2. The first kappa shape index (κ1) is 19.2. The van der Waals surface area contributed by atoms with Crippen molar-refractivity contribution in [1.29, 1.82) is 0 Å². The van der Waals surface area contributed by atoms with Crippen LogP contribution in [0.4, 0.5) is 0 Å². The van der Waals surface area contributed by atoms with Gasteiger partial charge in [-0.15, -0.1) is 0 Å². The molecular formula is C19H26O6. The number of methoxy groups -OCH3 is 3. The lowest BCUT2D eigenvalue weighted by Gasteiger charge is -2.43.